The first-order chi connectivity index (χ1) is 14.5. The zero-order valence-electron chi connectivity index (χ0n) is 16.1. The SMILES string of the molecule is Cc1ccc2nc(C(C#N)=Cc3cc(Br)ccc3OCc3cccc(F)c3)[nH]c2c1. The number of aromatic amines is 1. The number of nitriles is 1. The second kappa shape index (κ2) is 8.52. The number of benzene rings is 3. The largest absolute Gasteiger partial charge is 0.488 e. The van der Waals surface area contributed by atoms with Gasteiger partial charge in [-0.05, 0) is 66.6 Å². The molecule has 0 unspecified atom stereocenters. The second-order valence-corrected chi connectivity index (χ2v) is 7.79. The first-order valence-electron chi connectivity index (χ1n) is 9.27. The Labute approximate surface area is 181 Å². The number of aromatic nitrogens is 2. The molecule has 0 aliphatic heterocycles. The monoisotopic (exact) mass is 461 g/mol. The minimum Gasteiger partial charge on any atom is -0.488 e. The highest BCUT2D eigenvalue weighted by Crippen LogP contribution is 2.28. The van der Waals surface area contributed by atoms with Gasteiger partial charge in [0, 0.05) is 10.0 Å². The maximum Gasteiger partial charge on any atom is 0.149 e. The van der Waals surface area contributed by atoms with E-state index in [1.54, 1.807) is 18.2 Å². The number of aryl methyl sites for hydroxylation is 1. The molecule has 0 spiro atoms. The highest BCUT2D eigenvalue weighted by Gasteiger charge is 2.11. The summed E-state index contributed by atoms with van der Waals surface area (Å²) >= 11 is 3.47. The number of hydrogen-bond donors (Lipinski definition) is 1. The van der Waals surface area contributed by atoms with Gasteiger partial charge in [0.1, 0.15) is 30.1 Å². The van der Waals surface area contributed by atoms with Crippen molar-refractivity contribution in [1.29, 1.82) is 5.26 Å². The number of nitrogens with zero attached hydrogens (tertiary/aromatic N) is 2. The molecule has 3 aromatic carbocycles. The number of rotatable bonds is 5. The van der Waals surface area contributed by atoms with E-state index >= 15 is 0 Å². The summed E-state index contributed by atoms with van der Waals surface area (Å²) in [5, 5.41) is 9.75. The lowest BCUT2D eigenvalue weighted by molar-refractivity contribution is 0.305. The molecule has 0 amide bonds. The summed E-state index contributed by atoms with van der Waals surface area (Å²) in [5.74, 6) is 0.773. The number of imidazole rings is 1. The minimum atomic E-state index is -0.307. The molecule has 4 nitrogen and oxygen atoms in total. The lowest BCUT2D eigenvalue weighted by Gasteiger charge is -2.10. The normalized spacial score (nSPS) is 11.5. The molecule has 1 N–H and O–H groups in total. The van der Waals surface area contributed by atoms with Crippen molar-refractivity contribution < 1.29 is 9.13 Å². The molecular formula is C24H17BrFN3O. The highest BCUT2D eigenvalue weighted by molar-refractivity contribution is 9.10. The average molecular weight is 462 g/mol. The topological polar surface area (TPSA) is 61.7 Å². The van der Waals surface area contributed by atoms with Gasteiger partial charge < -0.3 is 9.72 Å². The summed E-state index contributed by atoms with van der Waals surface area (Å²) in [4.78, 5) is 7.75. The van der Waals surface area contributed by atoms with Crippen LogP contribution in [0.2, 0.25) is 0 Å². The van der Waals surface area contributed by atoms with Crippen LogP contribution in [0.25, 0.3) is 22.7 Å². The zero-order chi connectivity index (χ0) is 21.1. The van der Waals surface area contributed by atoms with Crippen LogP contribution in [-0.2, 0) is 6.61 Å². The van der Waals surface area contributed by atoms with E-state index in [9.17, 15) is 9.65 Å². The molecule has 4 rings (SSSR count). The molecule has 0 fully saturated rings. The van der Waals surface area contributed by atoms with Gasteiger partial charge in [0.25, 0.3) is 0 Å². The number of ether oxygens (including phenoxy) is 1. The number of H-pyrrole nitrogens is 1. The van der Waals surface area contributed by atoms with Gasteiger partial charge in [0.15, 0.2) is 0 Å². The lowest BCUT2D eigenvalue weighted by atomic mass is 10.1. The molecule has 0 atom stereocenters. The molecule has 0 bridgehead atoms. The van der Waals surface area contributed by atoms with Crippen LogP contribution in [0.1, 0.15) is 22.5 Å². The third-order valence-corrected chi connectivity index (χ3v) is 5.06. The Kier molecular flexibility index (Phi) is 5.64. The second-order valence-electron chi connectivity index (χ2n) is 6.88. The Morgan fingerprint density at radius 2 is 2.07 bits per heavy atom. The van der Waals surface area contributed by atoms with E-state index in [-0.39, 0.29) is 12.4 Å². The van der Waals surface area contributed by atoms with Crippen molar-refractivity contribution in [2.75, 3.05) is 0 Å². The van der Waals surface area contributed by atoms with Gasteiger partial charge in [0.05, 0.1) is 16.6 Å². The van der Waals surface area contributed by atoms with Gasteiger partial charge in [-0.15, -0.1) is 0 Å². The number of fused-ring (bicyclic) bond motifs is 1. The summed E-state index contributed by atoms with van der Waals surface area (Å²) in [6.45, 7) is 2.22. The smallest absolute Gasteiger partial charge is 0.149 e. The van der Waals surface area contributed by atoms with E-state index < -0.39 is 0 Å². The third-order valence-electron chi connectivity index (χ3n) is 4.57. The predicted octanol–water partition coefficient (Wildman–Crippen LogP) is 6.42. The number of nitrogens with one attached hydrogen (secondary N) is 1. The van der Waals surface area contributed by atoms with Crippen LogP contribution in [0, 0.1) is 24.1 Å². The van der Waals surface area contributed by atoms with Crippen LogP contribution in [0.5, 0.6) is 5.75 Å². The Bertz CT molecular complexity index is 1300. The zero-order valence-corrected chi connectivity index (χ0v) is 17.7. The molecule has 30 heavy (non-hydrogen) atoms. The summed E-state index contributed by atoms with van der Waals surface area (Å²) in [5.41, 5.74) is 4.62. The standard InChI is InChI=1S/C24H17BrFN3O/c1-15-5-7-21-22(9-15)29-24(28-21)18(13-27)11-17-12-19(25)6-8-23(17)30-14-16-3-2-4-20(26)10-16/h2-12H,14H2,1H3,(H,28,29). The fraction of sp³-hybridized carbons (Fsp3) is 0.0833. The maximum atomic E-state index is 13.4. The summed E-state index contributed by atoms with van der Waals surface area (Å²) in [7, 11) is 0. The van der Waals surface area contributed by atoms with Crippen molar-refractivity contribution in [1.82, 2.24) is 9.97 Å². The van der Waals surface area contributed by atoms with Crippen LogP contribution >= 0.6 is 15.9 Å². The van der Waals surface area contributed by atoms with Crippen LogP contribution in [-0.4, -0.2) is 9.97 Å². The van der Waals surface area contributed by atoms with Crippen LogP contribution in [0.15, 0.2) is 65.1 Å². The summed E-state index contributed by atoms with van der Waals surface area (Å²) < 4.78 is 20.2. The van der Waals surface area contributed by atoms with E-state index in [4.69, 9.17) is 4.74 Å². The van der Waals surface area contributed by atoms with Gasteiger partial charge >= 0.3 is 0 Å². The predicted molar refractivity (Wildman–Crippen MR) is 119 cm³/mol. The van der Waals surface area contributed by atoms with Crippen molar-refractivity contribution in [3.63, 3.8) is 0 Å². The molecule has 0 aliphatic carbocycles. The molecular weight excluding hydrogens is 445 g/mol. The Morgan fingerprint density at radius 3 is 2.87 bits per heavy atom. The van der Waals surface area contributed by atoms with Crippen LogP contribution in [0.4, 0.5) is 4.39 Å². The van der Waals surface area contributed by atoms with E-state index in [0.29, 0.717) is 22.7 Å². The van der Waals surface area contributed by atoms with Crippen molar-refractivity contribution in [2.45, 2.75) is 13.5 Å². The van der Waals surface area contributed by atoms with Crippen molar-refractivity contribution in [3.05, 3.63) is 93.5 Å². The van der Waals surface area contributed by atoms with Gasteiger partial charge in [-0.2, -0.15) is 5.26 Å². The van der Waals surface area contributed by atoms with Crippen LogP contribution < -0.4 is 4.74 Å². The maximum absolute atomic E-state index is 13.4. The van der Waals surface area contributed by atoms with E-state index in [1.165, 1.54) is 12.1 Å². The average Bonchev–Trinajstić information content (AvgIpc) is 3.14. The fourth-order valence-corrected chi connectivity index (χ4v) is 3.49. The molecule has 6 heteroatoms. The lowest BCUT2D eigenvalue weighted by Crippen LogP contribution is -1.98. The molecule has 0 aliphatic rings. The third kappa shape index (κ3) is 4.42. The number of allylic oxidation sites excluding steroid dienone is 1. The fourth-order valence-electron chi connectivity index (χ4n) is 3.11. The summed E-state index contributed by atoms with van der Waals surface area (Å²) in [6, 6.07) is 19.9. The Balaban J connectivity index is 1.68. The number of hydrogen-bond acceptors (Lipinski definition) is 3. The van der Waals surface area contributed by atoms with Crippen molar-refractivity contribution in [3.8, 4) is 11.8 Å². The van der Waals surface area contributed by atoms with Crippen LogP contribution in [0.3, 0.4) is 0 Å². The molecule has 148 valence electrons. The summed E-state index contributed by atoms with van der Waals surface area (Å²) in [6.07, 6.45) is 1.73. The van der Waals surface area contributed by atoms with E-state index in [2.05, 4.69) is 32.0 Å². The van der Waals surface area contributed by atoms with Gasteiger partial charge in [-0.25, -0.2) is 9.37 Å². The number of halogens is 2. The van der Waals surface area contributed by atoms with Gasteiger partial charge in [0.2, 0.25) is 0 Å². The first kappa shape index (κ1) is 19.9. The highest BCUT2D eigenvalue weighted by atomic mass is 79.9. The molecule has 1 aromatic heterocycles. The molecule has 4 aromatic rings. The minimum absolute atomic E-state index is 0.214. The van der Waals surface area contributed by atoms with Gasteiger partial charge in [-0.1, -0.05) is 34.1 Å². The molecule has 0 saturated carbocycles. The Morgan fingerprint density at radius 1 is 1.20 bits per heavy atom. The first-order valence-corrected chi connectivity index (χ1v) is 10.1. The van der Waals surface area contributed by atoms with E-state index in [0.717, 1.165) is 26.6 Å². The van der Waals surface area contributed by atoms with Gasteiger partial charge in [-0.3, -0.25) is 0 Å². The van der Waals surface area contributed by atoms with Crippen molar-refractivity contribution in [2.24, 2.45) is 0 Å². The quantitative estimate of drug-likeness (QED) is 0.349. The molecule has 1 heterocycles. The Hall–Kier alpha value is -3.43. The van der Waals surface area contributed by atoms with Crippen molar-refractivity contribution >= 4 is 38.6 Å². The molecule has 0 saturated heterocycles. The van der Waals surface area contributed by atoms with E-state index in [1.807, 2.05) is 43.3 Å². The molecule has 0 radical (unpaired) electrons.